The van der Waals surface area contributed by atoms with Gasteiger partial charge in [-0.1, -0.05) is 23.7 Å². The van der Waals surface area contributed by atoms with Crippen molar-refractivity contribution in [2.45, 2.75) is 26.3 Å². The number of carbonyl (C=O) groups excluding carboxylic acids is 3. The number of rotatable bonds is 10. The molecule has 0 aliphatic carbocycles. The monoisotopic (exact) mass is 421 g/mol. The highest BCUT2D eigenvalue weighted by molar-refractivity contribution is 7.08. The van der Waals surface area contributed by atoms with E-state index in [4.69, 9.17) is 11.6 Å². The molecule has 0 atom stereocenters. The Morgan fingerprint density at radius 3 is 2.50 bits per heavy atom. The molecule has 3 amide bonds. The Balaban J connectivity index is 1.67. The molecule has 0 fully saturated rings. The van der Waals surface area contributed by atoms with E-state index in [1.165, 1.54) is 16.2 Å². The normalized spacial score (nSPS) is 10.4. The molecule has 0 radical (unpaired) electrons. The maximum absolute atomic E-state index is 12.3. The highest BCUT2D eigenvalue weighted by Gasteiger charge is 2.15. The fourth-order valence-corrected chi connectivity index (χ4v) is 3.27. The van der Waals surface area contributed by atoms with E-state index in [0.29, 0.717) is 36.6 Å². The van der Waals surface area contributed by atoms with Gasteiger partial charge in [0.05, 0.1) is 6.54 Å². The van der Waals surface area contributed by atoms with Crippen LogP contribution in [0.5, 0.6) is 0 Å². The first-order chi connectivity index (χ1) is 13.5. The molecular weight excluding hydrogens is 398 g/mol. The Bertz CT molecular complexity index is 779. The lowest BCUT2D eigenvalue weighted by Gasteiger charge is -2.20. The molecular formula is C20H24ClN3O3S. The quantitative estimate of drug-likeness (QED) is 0.578. The second-order valence-corrected chi connectivity index (χ2v) is 7.40. The third kappa shape index (κ3) is 7.32. The van der Waals surface area contributed by atoms with Crippen molar-refractivity contribution in [1.29, 1.82) is 0 Å². The van der Waals surface area contributed by atoms with Gasteiger partial charge in [0.25, 0.3) is 5.91 Å². The number of thiophene rings is 1. The number of nitrogens with one attached hydrogen (secondary N) is 2. The minimum Gasteiger partial charge on any atom is -0.352 e. The molecule has 28 heavy (non-hydrogen) atoms. The number of amides is 3. The number of hydrogen-bond acceptors (Lipinski definition) is 4. The van der Waals surface area contributed by atoms with E-state index in [0.717, 1.165) is 5.56 Å². The number of hydrogen-bond donors (Lipinski definition) is 2. The zero-order valence-corrected chi connectivity index (χ0v) is 17.3. The van der Waals surface area contributed by atoms with Crippen molar-refractivity contribution in [2.24, 2.45) is 0 Å². The van der Waals surface area contributed by atoms with Gasteiger partial charge in [-0.15, -0.1) is 0 Å². The lowest BCUT2D eigenvalue weighted by molar-refractivity contribution is -0.136. The van der Waals surface area contributed by atoms with Gasteiger partial charge in [0.2, 0.25) is 11.8 Å². The van der Waals surface area contributed by atoms with Crippen molar-refractivity contribution < 1.29 is 14.4 Å². The van der Waals surface area contributed by atoms with Gasteiger partial charge >= 0.3 is 0 Å². The van der Waals surface area contributed by atoms with Gasteiger partial charge in [-0.25, -0.2) is 0 Å². The van der Waals surface area contributed by atoms with Crippen LogP contribution in [0.15, 0.2) is 41.1 Å². The fourth-order valence-electron chi connectivity index (χ4n) is 2.50. The van der Waals surface area contributed by atoms with Gasteiger partial charge in [-0.3, -0.25) is 14.4 Å². The molecule has 2 rings (SSSR count). The lowest BCUT2D eigenvalue weighted by atomic mass is 10.2. The molecule has 0 spiro atoms. The van der Waals surface area contributed by atoms with E-state index >= 15 is 0 Å². The summed E-state index contributed by atoms with van der Waals surface area (Å²) in [5.41, 5.74) is 1.57. The number of carbonyl (C=O) groups is 3. The van der Waals surface area contributed by atoms with Crippen LogP contribution in [-0.2, 0) is 16.1 Å². The zero-order valence-electron chi connectivity index (χ0n) is 15.7. The molecule has 150 valence electrons. The van der Waals surface area contributed by atoms with Crippen LogP contribution in [0.3, 0.4) is 0 Å². The van der Waals surface area contributed by atoms with Crippen LogP contribution in [0.1, 0.15) is 35.7 Å². The van der Waals surface area contributed by atoms with Crippen LogP contribution < -0.4 is 10.6 Å². The first-order valence-electron chi connectivity index (χ1n) is 9.09. The number of benzene rings is 1. The van der Waals surface area contributed by atoms with Gasteiger partial charge in [0, 0.05) is 42.0 Å². The molecule has 0 saturated heterocycles. The first kappa shape index (κ1) is 21.9. The summed E-state index contributed by atoms with van der Waals surface area (Å²) in [6, 6.07) is 8.97. The van der Waals surface area contributed by atoms with Crippen LogP contribution in [0, 0.1) is 0 Å². The Kier molecular flexibility index (Phi) is 8.97. The van der Waals surface area contributed by atoms with Crippen molar-refractivity contribution in [3.05, 3.63) is 57.2 Å². The van der Waals surface area contributed by atoms with Crippen molar-refractivity contribution in [1.82, 2.24) is 15.5 Å². The average Bonchev–Trinajstić information content (AvgIpc) is 3.23. The zero-order chi connectivity index (χ0) is 20.4. The molecule has 6 nitrogen and oxygen atoms in total. The fraction of sp³-hybridized carbons (Fsp3) is 0.350. The second kappa shape index (κ2) is 11.5. The maximum Gasteiger partial charge on any atom is 0.252 e. The summed E-state index contributed by atoms with van der Waals surface area (Å²) in [5.74, 6) is -0.451. The third-order valence-corrected chi connectivity index (χ3v) is 5.04. The standard InChI is InChI=1S/C20H24ClN3O3S/c1-2-24(13-18(25)23-12-15-5-7-17(21)8-6-15)19(26)4-3-10-22-20(27)16-9-11-28-14-16/h5-9,11,14H,2-4,10,12-13H2,1H3,(H,22,27)(H,23,25). The van der Waals surface area contributed by atoms with E-state index in [2.05, 4.69) is 10.6 Å². The smallest absolute Gasteiger partial charge is 0.252 e. The van der Waals surface area contributed by atoms with E-state index < -0.39 is 0 Å². The Morgan fingerprint density at radius 2 is 1.86 bits per heavy atom. The van der Waals surface area contributed by atoms with Gasteiger partial charge in [0.1, 0.15) is 0 Å². The predicted octanol–water partition coefficient (Wildman–Crippen LogP) is 3.08. The Labute approximate surface area is 173 Å². The molecule has 0 saturated carbocycles. The van der Waals surface area contributed by atoms with Gasteiger partial charge in [-0.2, -0.15) is 11.3 Å². The molecule has 0 unspecified atom stereocenters. The van der Waals surface area contributed by atoms with Crippen LogP contribution >= 0.6 is 22.9 Å². The van der Waals surface area contributed by atoms with Gasteiger partial charge in [0.15, 0.2) is 0 Å². The molecule has 1 aromatic heterocycles. The largest absolute Gasteiger partial charge is 0.352 e. The summed E-state index contributed by atoms with van der Waals surface area (Å²) < 4.78 is 0. The van der Waals surface area contributed by atoms with Crippen molar-refractivity contribution in [3.8, 4) is 0 Å². The van der Waals surface area contributed by atoms with E-state index in [1.807, 2.05) is 24.4 Å². The minimum absolute atomic E-state index is 0.0180. The predicted molar refractivity (Wildman–Crippen MR) is 111 cm³/mol. The van der Waals surface area contributed by atoms with Gasteiger partial charge in [-0.05, 0) is 42.5 Å². The molecule has 1 heterocycles. The van der Waals surface area contributed by atoms with Gasteiger partial charge < -0.3 is 15.5 Å². The lowest BCUT2D eigenvalue weighted by Crippen LogP contribution is -2.40. The summed E-state index contributed by atoms with van der Waals surface area (Å²) in [6.07, 6.45) is 0.805. The van der Waals surface area contributed by atoms with Crippen molar-refractivity contribution in [3.63, 3.8) is 0 Å². The summed E-state index contributed by atoms with van der Waals surface area (Å²) in [6.45, 7) is 3.11. The number of nitrogens with zero attached hydrogens (tertiary/aromatic N) is 1. The SMILES string of the molecule is CCN(CC(=O)NCc1ccc(Cl)cc1)C(=O)CCCNC(=O)c1ccsc1. The van der Waals surface area contributed by atoms with Crippen LogP contribution in [0.2, 0.25) is 5.02 Å². The highest BCUT2D eigenvalue weighted by Crippen LogP contribution is 2.09. The minimum atomic E-state index is -0.212. The molecule has 2 N–H and O–H groups in total. The van der Waals surface area contributed by atoms with E-state index in [9.17, 15) is 14.4 Å². The molecule has 2 aromatic rings. The van der Waals surface area contributed by atoms with E-state index in [-0.39, 0.29) is 30.7 Å². The molecule has 8 heteroatoms. The summed E-state index contributed by atoms with van der Waals surface area (Å²) in [4.78, 5) is 37.8. The summed E-state index contributed by atoms with van der Waals surface area (Å²) >= 11 is 7.30. The van der Waals surface area contributed by atoms with E-state index in [1.54, 1.807) is 23.6 Å². The van der Waals surface area contributed by atoms with Crippen LogP contribution in [0.4, 0.5) is 0 Å². The molecule has 0 aliphatic heterocycles. The topological polar surface area (TPSA) is 78.5 Å². The number of likely N-dealkylation sites (N-methyl/N-ethyl adjacent to an activating group) is 1. The highest BCUT2D eigenvalue weighted by atomic mass is 35.5. The van der Waals surface area contributed by atoms with Crippen molar-refractivity contribution >= 4 is 40.7 Å². The molecule has 0 bridgehead atoms. The maximum atomic E-state index is 12.3. The summed E-state index contributed by atoms with van der Waals surface area (Å²) in [7, 11) is 0. The molecule has 0 aliphatic rings. The van der Waals surface area contributed by atoms with Crippen molar-refractivity contribution in [2.75, 3.05) is 19.6 Å². The second-order valence-electron chi connectivity index (χ2n) is 6.18. The average molecular weight is 422 g/mol. The molecule has 1 aromatic carbocycles. The third-order valence-electron chi connectivity index (χ3n) is 4.11. The van der Waals surface area contributed by atoms with Crippen LogP contribution in [-0.4, -0.2) is 42.3 Å². The summed E-state index contributed by atoms with van der Waals surface area (Å²) in [5, 5.41) is 9.86. The number of halogens is 1. The first-order valence-corrected chi connectivity index (χ1v) is 10.4. The Hall–Kier alpha value is -2.38. The van der Waals surface area contributed by atoms with Crippen LogP contribution in [0.25, 0.3) is 0 Å². The Morgan fingerprint density at radius 1 is 1.11 bits per heavy atom.